The van der Waals surface area contributed by atoms with E-state index in [4.69, 9.17) is 4.74 Å². The Morgan fingerprint density at radius 2 is 2.12 bits per heavy atom. The number of guanidine groups is 1. The largest absolute Gasteiger partial charge is 0.378 e. The average Bonchev–Trinajstić information content (AvgIpc) is 2.72. The minimum atomic E-state index is 0.545. The molecule has 0 unspecified atom stereocenters. The van der Waals surface area contributed by atoms with Crippen molar-refractivity contribution in [3.05, 3.63) is 0 Å². The van der Waals surface area contributed by atoms with Gasteiger partial charge in [0.05, 0.1) is 6.10 Å². The summed E-state index contributed by atoms with van der Waals surface area (Å²) >= 11 is 0. The first-order valence-electron chi connectivity index (χ1n) is 7.09. The number of hydrogen-bond acceptors (Lipinski definition) is 4. The Balaban J connectivity index is 1.48. The van der Waals surface area contributed by atoms with Gasteiger partial charge in [-0.3, -0.25) is 4.99 Å². The zero-order chi connectivity index (χ0) is 11.8. The minimum absolute atomic E-state index is 0.545. The maximum Gasteiger partial charge on any atom is 0.191 e. The fraction of sp³-hybridized carbons (Fsp3) is 0.923. The molecule has 0 atom stereocenters. The molecule has 0 aromatic rings. The summed E-state index contributed by atoms with van der Waals surface area (Å²) in [6.45, 7) is 3.84. The third kappa shape index (κ3) is 4.94. The molecule has 4 nitrogen and oxygen atoms in total. The van der Waals surface area contributed by atoms with Crippen molar-refractivity contribution in [3.63, 3.8) is 0 Å². The van der Waals surface area contributed by atoms with E-state index in [0.717, 1.165) is 38.6 Å². The first-order valence-corrected chi connectivity index (χ1v) is 7.09. The second kappa shape index (κ2) is 7.54. The lowest BCUT2D eigenvalue weighted by Crippen LogP contribution is -2.37. The van der Waals surface area contributed by atoms with Gasteiger partial charge in [0, 0.05) is 26.2 Å². The molecule has 17 heavy (non-hydrogen) atoms. The first kappa shape index (κ1) is 12.7. The van der Waals surface area contributed by atoms with Crippen LogP contribution < -0.4 is 10.6 Å². The molecule has 0 radical (unpaired) electrons. The van der Waals surface area contributed by atoms with Gasteiger partial charge in [-0.05, 0) is 32.1 Å². The van der Waals surface area contributed by atoms with Crippen molar-refractivity contribution < 1.29 is 4.74 Å². The highest BCUT2D eigenvalue weighted by molar-refractivity contribution is 5.79. The number of ether oxygens (including phenoxy) is 1. The van der Waals surface area contributed by atoms with Gasteiger partial charge in [-0.25, -0.2) is 0 Å². The van der Waals surface area contributed by atoms with Crippen LogP contribution in [0.1, 0.15) is 44.9 Å². The number of aliphatic imine (C=N–C) groups is 1. The zero-order valence-corrected chi connectivity index (χ0v) is 10.7. The predicted molar refractivity (Wildman–Crippen MR) is 70.4 cm³/mol. The van der Waals surface area contributed by atoms with Gasteiger partial charge < -0.3 is 15.4 Å². The maximum atomic E-state index is 5.82. The van der Waals surface area contributed by atoms with Crippen LogP contribution in [0.25, 0.3) is 0 Å². The molecule has 2 N–H and O–H groups in total. The van der Waals surface area contributed by atoms with Gasteiger partial charge in [-0.2, -0.15) is 0 Å². The van der Waals surface area contributed by atoms with E-state index < -0.39 is 0 Å². The van der Waals surface area contributed by atoms with Crippen molar-refractivity contribution in [1.82, 2.24) is 10.6 Å². The summed E-state index contributed by atoms with van der Waals surface area (Å²) in [5, 5.41) is 6.66. The van der Waals surface area contributed by atoms with Crippen LogP contribution in [0.3, 0.4) is 0 Å². The van der Waals surface area contributed by atoms with E-state index >= 15 is 0 Å². The molecule has 1 fully saturated rings. The molecule has 2 aliphatic rings. The Bertz CT molecular complexity index is 237. The summed E-state index contributed by atoms with van der Waals surface area (Å²) in [7, 11) is 0. The lowest BCUT2D eigenvalue weighted by molar-refractivity contribution is 0.0574. The summed E-state index contributed by atoms with van der Waals surface area (Å²) in [4.78, 5) is 4.45. The van der Waals surface area contributed by atoms with E-state index in [-0.39, 0.29) is 0 Å². The number of nitrogens with one attached hydrogen (secondary N) is 2. The number of hydrogen-bond donors (Lipinski definition) is 2. The molecule has 0 saturated heterocycles. The standard InChI is InChI=1S/C13H25N3O/c1-2-7-12(6-1)17-11-5-10-16-13-14-8-3-4-9-15-13/h12H,1-11H2,(H2,14,15,16). The molecule has 0 amide bonds. The predicted octanol–water partition coefficient (Wildman–Crippen LogP) is 1.66. The van der Waals surface area contributed by atoms with E-state index in [1.165, 1.54) is 38.5 Å². The van der Waals surface area contributed by atoms with Gasteiger partial charge in [-0.1, -0.05) is 12.8 Å². The monoisotopic (exact) mass is 239 g/mol. The molecule has 0 aromatic carbocycles. The van der Waals surface area contributed by atoms with Crippen LogP contribution in [0.4, 0.5) is 0 Å². The molecule has 0 bridgehead atoms. The molecule has 0 aromatic heterocycles. The molecule has 2 rings (SSSR count). The van der Waals surface area contributed by atoms with Crippen molar-refractivity contribution >= 4 is 5.96 Å². The highest BCUT2D eigenvalue weighted by atomic mass is 16.5. The molecule has 1 aliphatic carbocycles. The van der Waals surface area contributed by atoms with Crippen molar-refractivity contribution in [2.45, 2.75) is 51.0 Å². The first-order chi connectivity index (χ1) is 8.45. The van der Waals surface area contributed by atoms with Crippen molar-refractivity contribution in [3.8, 4) is 0 Å². The maximum absolute atomic E-state index is 5.82. The lowest BCUT2D eigenvalue weighted by atomic mass is 10.3. The van der Waals surface area contributed by atoms with E-state index in [9.17, 15) is 0 Å². The summed E-state index contributed by atoms with van der Waals surface area (Å²) in [6.07, 6.45) is 9.26. The SMILES string of the molecule is C1CCNC(NCCCOC2CCCC2)=NC1. The second-order valence-electron chi connectivity index (χ2n) is 4.92. The fourth-order valence-electron chi connectivity index (χ4n) is 2.39. The van der Waals surface area contributed by atoms with E-state index in [1.54, 1.807) is 0 Å². The fourth-order valence-corrected chi connectivity index (χ4v) is 2.39. The Kier molecular flexibility index (Phi) is 5.62. The van der Waals surface area contributed by atoms with Crippen molar-refractivity contribution in [2.75, 3.05) is 26.2 Å². The van der Waals surface area contributed by atoms with Crippen LogP contribution in [0, 0.1) is 0 Å². The lowest BCUT2D eigenvalue weighted by Gasteiger charge is -2.12. The highest BCUT2D eigenvalue weighted by Gasteiger charge is 2.14. The molecule has 4 heteroatoms. The molecule has 1 aliphatic heterocycles. The molecule has 1 saturated carbocycles. The Hall–Kier alpha value is -0.770. The van der Waals surface area contributed by atoms with E-state index in [2.05, 4.69) is 15.6 Å². The smallest absolute Gasteiger partial charge is 0.191 e. The normalized spacial score (nSPS) is 21.8. The van der Waals surface area contributed by atoms with Crippen LogP contribution in [0.5, 0.6) is 0 Å². The van der Waals surface area contributed by atoms with Gasteiger partial charge in [0.25, 0.3) is 0 Å². The topological polar surface area (TPSA) is 45.6 Å². The van der Waals surface area contributed by atoms with Crippen LogP contribution in [0.2, 0.25) is 0 Å². The van der Waals surface area contributed by atoms with E-state index in [1.807, 2.05) is 0 Å². The second-order valence-corrected chi connectivity index (χ2v) is 4.92. The van der Waals surface area contributed by atoms with Crippen molar-refractivity contribution in [2.24, 2.45) is 4.99 Å². The summed E-state index contributed by atoms with van der Waals surface area (Å²) in [6, 6.07) is 0. The quantitative estimate of drug-likeness (QED) is 0.717. The van der Waals surface area contributed by atoms with Crippen molar-refractivity contribution in [1.29, 1.82) is 0 Å². The van der Waals surface area contributed by atoms with Crippen LogP contribution >= 0.6 is 0 Å². The summed E-state index contributed by atoms with van der Waals surface area (Å²) in [5.74, 6) is 0.975. The van der Waals surface area contributed by atoms with E-state index in [0.29, 0.717) is 6.10 Å². The molecular weight excluding hydrogens is 214 g/mol. The highest BCUT2D eigenvalue weighted by Crippen LogP contribution is 2.20. The average molecular weight is 239 g/mol. The van der Waals surface area contributed by atoms with Gasteiger partial charge >= 0.3 is 0 Å². The molecule has 98 valence electrons. The Labute approximate surface area is 104 Å². The van der Waals surface area contributed by atoms with Gasteiger partial charge in [0.2, 0.25) is 0 Å². The summed E-state index contributed by atoms with van der Waals surface area (Å²) in [5.41, 5.74) is 0. The van der Waals surface area contributed by atoms with Gasteiger partial charge in [0.1, 0.15) is 0 Å². The zero-order valence-electron chi connectivity index (χ0n) is 10.7. The third-order valence-corrected chi connectivity index (χ3v) is 3.42. The molecule has 1 heterocycles. The molecular formula is C13H25N3O. The number of nitrogens with zero attached hydrogens (tertiary/aromatic N) is 1. The molecule has 0 spiro atoms. The van der Waals surface area contributed by atoms with Gasteiger partial charge in [-0.15, -0.1) is 0 Å². The Morgan fingerprint density at radius 1 is 1.24 bits per heavy atom. The number of rotatable bonds is 5. The van der Waals surface area contributed by atoms with Crippen LogP contribution in [-0.4, -0.2) is 38.3 Å². The van der Waals surface area contributed by atoms with Crippen LogP contribution in [-0.2, 0) is 4.74 Å². The Morgan fingerprint density at radius 3 is 3.00 bits per heavy atom. The summed E-state index contributed by atoms with van der Waals surface area (Å²) < 4.78 is 5.82. The van der Waals surface area contributed by atoms with Gasteiger partial charge in [0.15, 0.2) is 5.96 Å². The van der Waals surface area contributed by atoms with Crippen LogP contribution in [0.15, 0.2) is 4.99 Å². The minimum Gasteiger partial charge on any atom is -0.378 e. The third-order valence-electron chi connectivity index (χ3n) is 3.42.